The molecule has 0 aliphatic carbocycles. The van der Waals surface area contributed by atoms with Crippen LogP contribution in [0.1, 0.15) is 64.2 Å². The average molecular weight is 619 g/mol. The van der Waals surface area contributed by atoms with Crippen molar-refractivity contribution >= 4 is 33.5 Å². The van der Waals surface area contributed by atoms with Crippen molar-refractivity contribution in [1.82, 2.24) is 0 Å². The lowest BCUT2D eigenvalue weighted by atomic mass is 9.78. The van der Waals surface area contributed by atoms with Gasteiger partial charge in [-0.15, -0.1) is 0 Å². The van der Waals surface area contributed by atoms with Gasteiger partial charge in [-0.3, -0.25) is 0 Å². The molecule has 0 N–H and O–H groups in total. The highest BCUT2D eigenvalue weighted by Crippen LogP contribution is 2.52. The Kier molecular flexibility index (Phi) is 8.11. The van der Waals surface area contributed by atoms with E-state index in [1.807, 2.05) is 120 Å². The van der Waals surface area contributed by atoms with Gasteiger partial charge in [0.1, 0.15) is 34.2 Å². The van der Waals surface area contributed by atoms with Crippen LogP contribution in [0.2, 0.25) is 0 Å². The van der Waals surface area contributed by atoms with Crippen molar-refractivity contribution in [1.29, 1.82) is 0 Å². The molecule has 46 heavy (non-hydrogen) atoms. The lowest BCUT2D eigenvalue weighted by Gasteiger charge is -2.31. The van der Waals surface area contributed by atoms with Crippen LogP contribution in [0, 0.1) is 0 Å². The molecule has 7 nitrogen and oxygen atoms in total. The minimum Gasteiger partial charge on any atom is -0.482 e. The molecule has 0 radical (unpaired) electrons. The molecule has 1 heterocycles. The summed E-state index contributed by atoms with van der Waals surface area (Å²) in [4.78, 5) is 24.5. The molecule has 0 spiro atoms. The number of fused-ring (bicyclic) bond motifs is 6. The minimum absolute atomic E-state index is 0.130. The SMILES string of the molecule is CC(C)(C)OC(=O)COc1ccc2c3c(ccc2c1)Oc1ccc2cc(OCC(=O)OC(C)(C)C)ccc2c1C3c1ccccc1. The summed E-state index contributed by atoms with van der Waals surface area (Å²) < 4.78 is 29.0. The molecular formula is C39H38O7. The molecule has 1 aliphatic rings. The largest absolute Gasteiger partial charge is 0.482 e. The predicted octanol–water partition coefficient (Wildman–Crippen LogP) is 8.72. The molecule has 0 amide bonds. The van der Waals surface area contributed by atoms with Crippen LogP contribution < -0.4 is 14.2 Å². The van der Waals surface area contributed by atoms with Crippen LogP contribution in [-0.4, -0.2) is 36.4 Å². The Balaban J connectivity index is 1.37. The van der Waals surface area contributed by atoms with Crippen molar-refractivity contribution < 1.29 is 33.3 Å². The Morgan fingerprint density at radius 2 is 1.07 bits per heavy atom. The Morgan fingerprint density at radius 1 is 0.609 bits per heavy atom. The molecule has 0 saturated heterocycles. The summed E-state index contributed by atoms with van der Waals surface area (Å²) in [5.74, 6) is 1.76. The monoisotopic (exact) mass is 618 g/mol. The standard InChI is InChI=1S/C39H38O7/c1-38(2,3)45-33(40)22-42-27-14-16-29-25(20-27)12-18-31-36(29)35(24-10-8-7-9-11-24)37-30-17-15-28(21-26(30)13-19-32(37)44-31)43-23-34(41)46-39(4,5)6/h7-21,35H,22-23H2,1-6H3. The lowest BCUT2D eigenvalue weighted by Crippen LogP contribution is -2.27. The first-order valence-corrected chi connectivity index (χ1v) is 15.4. The van der Waals surface area contributed by atoms with Gasteiger partial charge in [-0.1, -0.05) is 54.6 Å². The van der Waals surface area contributed by atoms with Crippen LogP contribution >= 0.6 is 0 Å². The van der Waals surface area contributed by atoms with Crippen molar-refractivity contribution in [3.05, 3.63) is 108 Å². The maximum atomic E-state index is 12.3. The third kappa shape index (κ3) is 6.79. The van der Waals surface area contributed by atoms with Crippen LogP contribution in [0.5, 0.6) is 23.0 Å². The van der Waals surface area contributed by atoms with E-state index in [0.29, 0.717) is 11.5 Å². The van der Waals surface area contributed by atoms with E-state index in [2.05, 4.69) is 12.1 Å². The molecule has 236 valence electrons. The van der Waals surface area contributed by atoms with E-state index >= 15 is 0 Å². The van der Waals surface area contributed by atoms with Crippen LogP contribution in [-0.2, 0) is 19.1 Å². The lowest BCUT2D eigenvalue weighted by molar-refractivity contribution is -0.158. The van der Waals surface area contributed by atoms with Crippen LogP contribution in [0.3, 0.4) is 0 Å². The molecule has 1 aliphatic heterocycles. The van der Waals surface area contributed by atoms with Gasteiger partial charge in [-0.05, 0) is 105 Å². The second-order valence-electron chi connectivity index (χ2n) is 13.4. The van der Waals surface area contributed by atoms with Gasteiger partial charge in [0.15, 0.2) is 13.2 Å². The van der Waals surface area contributed by atoms with Gasteiger partial charge < -0.3 is 23.7 Å². The van der Waals surface area contributed by atoms with Gasteiger partial charge in [0.05, 0.1) is 0 Å². The molecule has 5 aromatic rings. The van der Waals surface area contributed by atoms with Crippen LogP contribution in [0.15, 0.2) is 91.0 Å². The summed E-state index contributed by atoms with van der Waals surface area (Å²) >= 11 is 0. The molecule has 0 atom stereocenters. The van der Waals surface area contributed by atoms with E-state index in [0.717, 1.165) is 49.7 Å². The Hall–Kier alpha value is -5.04. The fraction of sp³-hybridized carbons (Fsp3) is 0.282. The maximum Gasteiger partial charge on any atom is 0.344 e. The molecule has 0 aromatic heterocycles. The molecule has 0 saturated carbocycles. The molecule has 7 heteroatoms. The summed E-state index contributed by atoms with van der Waals surface area (Å²) in [6.07, 6.45) is 0. The third-order valence-corrected chi connectivity index (χ3v) is 7.47. The second-order valence-corrected chi connectivity index (χ2v) is 13.4. The van der Waals surface area contributed by atoms with E-state index in [1.54, 1.807) is 0 Å². The number of ether oxygens (including phenoxy) is 5. The first-order valence-electron chi connectivity index (χ1n) is 15.4. The number of esters is 2. The smallest absolute Gasteiger partial charge is 0.344 e. The summed E-state index contributed by atoms with van der Waals surface area (Å²) in [7, 11) is 0. The zero-order valence-electron chi connectivity index (χ0n) is 27.0. The number of rotatable bonds is 7. The summed E-state index contributed by atoms with van der Waals surface area (Å²) in [5.41, 5.74) is 2.07. The van der Waals surface area contributed by atoms with Crippen LogP contribution in [0.25, 0.3) is 21.5 Å². The van der Waals surface area contributed by atoms with Crippen LogP contribution in [0.4, 0.5) is 0 Å². The Morgan fingerprint density at radius 3 is 1.50 bits per heavy atom. The highest BCUT2D eigenvalue weighted by atomic mass is 16.6. The molecular weight excluding hydrogens is 580 g/mol. The predicted molar refractivity (Wildman–Crippen MR) is 178 cm³/mol. The Labute approximate surface area is 269 Å². The molecule has 5 aromatic carbocycles. The zero-order chi connectivity index (χ0) is 32.6. The van der Waals surface area contributed by atoms with Gasteiger partial charge in [-0.25, -0.2) is 9.59 Å². The van der Waals surface area contributed by atoms with E-state index in [1.165, 1.54) is 0 Å². The summed E-state index contributed by atoms with van der Waals surface area (Å²) in [6, 6.07) is 30.1. The van der Waals surface area contributed by atoms with Gasteiger partial charge >= 0.3 is 11.9 Å². The van der Waals surface area contributed by atoms with Crippen molar-refractivity contribution in [3.63, 3.8) is 0 Å². The van der Waals surface area contributed by atoms with Crippen molar-refractivity contribution in [2.24, 2.45) is 0 Å². The van der Waals surface area contributed by atoms with E-state index in [4.69, 9.17) is 23.7 Å². The fourth-order valence-electron chi connectivity index (χ4n) is 5.85. The van der Waals surface area contributed by atoms with Crippen molar-refractivity contribution in [3.8, 4) is 23.0 Å². The number of hydrogen-bond donors (Lipinski definition) is 0. The topological polar surface area (TPSA) is 80.3 Å². The maximum absolute atomic E-state index is 12.3. The van der Waals surface area contributed by atoms with Crippen molar-refractivity contribution in [2.45, 2.75) is 58.7 Å². The summed E-state index contributed by atoms with van der Waals surface area (Å²) in [6.45, 7) is 10.6. The number of carbonyl (C=O) groups excluding carboxylic acids is 2. The number of benzene rings is 5. The molecule has 0 bridgehead atoms. The zero-order valence-corrected chi connectivity index (χ0v) is 27.0. The van der Waals surface area contributed by atoms with E-state index in [9.17, 15) is 9.59 Å². The number of carbonyl (C=O) groups is 2. The quantitative estimate of drug-likeness (QED) is 0.166. The first kappa shape index (κ1) is 31.0. The summed E-state index contributed by atoms with van der Waals surface area (Å²) in [5, 5.41) is 3.98. The van der Waals surface area contributed by atoms with Crippen molar-refractivity contribution in [2.75, 3.05) is 13.2 Å². The minimum atomic E-state index is -0.579. The highest BCUT2D eigenvalue weighted by molar-refractivity contribution is 5.96. The molecule has 6 rings (SSSR count). The second kappa shape index (κ2) is 12.0. The highest BCUT2D eigenvalue weighted by Gasteiger charge is 2.32. The molecule has 0 unspecified atom stereocenters. The third-order valence-electron chi connectivity index (χ3n) is 7.47. The first-order chi connectivity index (χ1) is 21.8. The van der Waals surface area contributed by atoms with E-state index in [-0.39, 0.29) is 19.1 Å². The van der Waals surface area contributed by atoms with Gasteiger partial charge in [0, 0.05) is 17.0 Å². The average Bonchev–Trinajstić information content (AvgIpc) is 3.00. The normalized spacial score (nSPS) is 13.0. The van der Waals surface area contributed by atoms with Gasteiger partial charge in [0.25, 0.3) is 0 Å². The molecule has 0 fully saturated rings. The fourth-order valence-corrected chi connectivity index (χ4v) is 5.85. The van der Waals surface area contributed by atoms with Gasteiger partial charge in [0.2, 0.25) is 0 Å². The van der Waals surface area contributed by atoms with Gasteiger partial charge in [-0.2, -0.15) is 0 Å². The Bertz CT molecular complexity index is 1810. The number of hydrogen-bond acceptors (Lipinski definition) is 7. The van der Waals surface area contributed by atoms with E-state index < -0.39 is 23.1 Å².